The Kier molecular flexibility index (Phi) is 4.61. The Morgan fingerprint density at radius 2 is 1.74 bits per heavy atom. The Morgan fingerprint density at radius 1 is 1.00 bits per heavy atom. The van der Waals surface area contributed by atoms with E-state index in [-0.39, 0.29) is 6.54 Å². The molecule has 1 fully saturated rings. The van der Waals surface area contributed by atoms with Crippen LogP contribution in [0.15, 0.2) is 53.1 Å². The number of anilines is 1. The summed E-state index contributed by atoms with van der Waals surface area (Å²) in [5, 5.41) is 2.59. The molecule has 1 N–H and O–H groups in total. The fourth-order valence-electron chi connectivity index (χ4n) is 2.61. The maximum atomic E-state index is 12.2. The molecule has 120 valence electrons. The average Bonchev–Trinajstić information content (AvgIpc) is 3.13. The van der Waals surface area contributed by atoms with Crippen molar-refractivity contribution in [1.29, 1.82) is 0 Å². The normalized spacial score (nSPS) is 14.6. The van der Waals surface area contributed by atoms with Crippen molar-refractivity contribution in [3.63, 3.8) is 0 Å². The fourth-order valence-corrected chi connectivity index (χ4v) is 2.61. The molecule has 2 aromatic rings. The number of para-hydroxylation sites is 1. The van der Waals surface area contributed by atoms with Crippen LogP contribution in [0.2, 0.25) is 0 Å². The number of amides is 2. The fraction of sp³-hybridized carbons (Fsp3) is 0.294. The second-order valence-electron chi connectivity index (χ2n) is 5.38. The zero-order chi connectivity index (χ0) is 16.1. The maximum Gasteiger partial charge on any atom is 0.312 e. The third-order valence-electron chi connectivity index (χ3n) is 3.89. The molecule has 0 spiro atoms. The van der Waals surface area contributed by atoms with E-state index in [1.54, 1.807) is 17.0 Å². The summed E-state index contributed by atoms with van der Waals surface area (Å²) in [5.74, 6) is -0.445. The second kappa shape index (κ2) is 7.00. The first-order valence-corrected chi connectivity index (χ1v) is 7.63. The smallest absolute Gasteiger partial charge is 0.312 e. The van der Waals surface area contributed by atoms with Crippen LogP contribution in [0.4, 0.5) is 5.69 Å². The number of furan rings is 1. The van der Waals surface area contributed by atoms with Gasteiger partial charge in [0, 0.05) is 31.9 Å². The molecule has 6 nitrogen and oxygen atoms in total. The van der Waals surface area contributed by atoms with Crippen molar-refractivity contribution in [2.24, 2.45) is 0 Å². The summed E-state index contributed by atoms with van der Waals surface area (Å²) in [6.45, 7) is 2.76. The summed E-state index contributed by atoms with van der Waals surface area (Å²) in [6.07, 6.45) is 1.53. The molecule has 2 heterocycles. The van der Waals surface area contributed by atoms with Crippen LogP contribution in [0.5, 0.6) is 0 Å². The molecule has 1 aromatic carbocycles. The molecule has 23 heavy (non-hydrogen) atoms. The second-order valence-corrected chi connectivity index (χ2v) is 5.38. The molecule has 1 aliphatic rings. The lowest BCUT2D eigenvalue weighted by Crippen LogP contribution is -2.52. The van der Waals surface area contributed by atoms with Crippen molar-refractivity contribution < 1.29 is 14.0 Å². The highest BCUT2D eigenvalue weighted by atomic mass is 16.3. The van der Waals surface area contributed by atoms with E-state index in [4.69, 9.17) is 4.42 Å². The Hall–Kier alpha value is -2.76. The van der Waals surface area contributed by atoms with E-state index < -0.39 is 11.8 Å². The van der Waals surface area contributed by atoms with E-state index >= 15 is 0 Å². The lowest BCUT2D eigenvalue weighted by molar-refractivity contribution is -0.146. The van der Waals surface area contributed by atoms with Gasteiger partial charge in [-0.15, -0.1) is 0 Å². The van der Waals surface area contributed by atoms with Crippen LogP contribution in [0, 0.1) is 0 Å². The summed E-state index contributed by atoms with van der Waals surface area (Å²) >= 11 is 0. The summed E-state index contributed by atoms with van der Waals surface area (Å²) in [6, 6.07) is 13.6. The number of piperazine rings is 1. The van der Waals surface area contributed by atoms with Crippen molar-refractivity contribution in [2.45, 2.75) is 6.54 Å². The van der Waals surface area contributed by atoms with E-state index in [9.17, 15) is 9.59 Å². The van der Waals surface area contributed by atoms with Crippen LogP contribution in [0.25, 0.3) is 0 Å². The van der Waals surface area contributed by atoms with Gasteiger partial charge in [-0.3, -0.25) is 9.59 Å². The Labute approximate surface area is 134 Å². The van der Waals surface area contributed by atoms with Crippen LogP contribution in [0.1, 0.15) is 5.76 Å². The van der Waals surface area contributed by atoms with Gasteiger partial charge in [-0.2, -0.15) is 0 Å². The van der Waals surface area contributed by atoms with E-state index in [2.05, 4.69) is 10.2 Å². The van der Waals surface area contributed by atoms with E-state index in [0.717, 1.165) is 18.8 Å². The average molecular weight is 313 g/mol. The van der Waals surface area contributed by atoms with Crippen molar-refractivity contribution >= 4 is 17.5 Å². The molecule has 0 aliphatic carbocycles. The Bertz CT molecular complexity index is 647. The minimum Gasteiger partial charge on any atom is -0.467 e. The number of nitrogens with zero attached hydrogens (tertiary/aromatic N) is 2. The van der Waals surface area contributed by atoms with Gasteiger partial charge >= 0.3 is 11.8 Å². The van der Waals surface area contributed by atoms with Crippen LogP contribution in [-0.2, 0) is 16.1 Å². The number of nitrogens with one attached hydrogen (secondary N) is 1. The van der Waals surface area contributed by atoms with Gasteiger partial charge in [0.1, 0.15) is 5.76 Å². The highest BCUT2D eigenvalue weighted by Gasteiger charge is 2.25. The van der Waals surface area contributed by atoms with Gasteiger partial charge in [-0.05, 0) is 24.3 Å². The number of rotatable bonds is 3. The van der Waals surface area contributed by atoms with Gasteiger partial charge in [0.2, 0.25) is 0 Å². The Morgan fingerprint density at radius 3 is 2.39 bits per heavy atom. The van der Waals surface area contributed by atoms with Gasteiger partial charge in [0.25, 0.3) is 0 Å². The van der Waals surface area contributed by atoms with Crippen LogP contribution >= 0.6 is 0 Å². The SMILES string of the molecule is O=C(NCc1ccco1)C(=O)N1CCN(c2ccccc2)CC1. The van der Waals surface area contributed by atoms with Gasteiger partial charge in [0.05, 0.1) is 12.8 Å². The first-order chi connectivity index (χ1) is 11.2. The minimum absolute atomic E-state index is 0.224. The van der Waals surface area contributed by atoms with E-state index in [1.807, 2.05) is 30.3 Å². The minimum atomic E-state index is -0.588. The van der Waals surface area contributed by atoms with Gasteiger partial charge in [-0.25, -0.2) is 0 Å². The molecule has 3 rings (SSSR count). The molecular weight excluding hydrogens is 294 g/mol. The van der Waals surface area contributed by atoms with Gasteiger partial charge in [-0.1, -0.05) is 18.2 Å². The highest BCUT2D eigenvalue weighted by molar-refractivity contribution is 6.35. The number of carbonyl (C=O) groups is 2. The highest BCUT2D eigenvalue weighted by Crippen LogP contribution is 2.15. The molecule has 1 saturated heterocycles. The maximum absolute atomic E-state index is 12.2. The van der Waals surface area contributed by atoms with Crippen molar-refractivity contribution in [1.82, 2.24) is 10.2 Å². The monoisotopic (exact) mass is 313 g/mol. The third-order valence-corrected chi connectivity index (χ3v) is 3.89. The van der Waals surface area contributed by atoms with Crippen LogP contribution < -0.4 is 10.2 Å². The third kappa shape index (κ3) is 3.71. The molecule has 2 amide bonds. The van der Waals surface area contributed by atoms with Crippen molar-refractivity contribution in [3.8, 4) is 0 Å². The topological polar surface area (TPSA) is 65.8 Å². The van der Waals surface area contributed by atoms with Crippen molar-refractivity contribution in [3.05, 3.63) is 54.5 Å². The van der Waals surface area contributed by atoms with Crippen LogP contribution in [0.3, 0.4) is 0 Å². The summed E-state index contributed by atoms with van der Waals surface area (Å²) < 4.78 is 5.13. The molecule has 0 atom stereocenters. The Balaban J connectivity index is 1.49. The van der Waals surface area contributed by atoms with E-state index in [1.165, 1.54) is 6.26 Å². The quantitative estimate of drug-likeness (QED) is 0.866. The first kappa shape index (κ1) is 15.1. The lowest BCUT2D eigenvalue weighted by Gasteiger charge is -2.35. The predicted octanol–water partition coefficient (Wildman–Crippen LogP) is 1.24. The van der Waals surface area contributed by atoms with E-state index in [0.29, 0.717) is 18.8 Å². The van der Waals surface area contributed by atoms with Crippen molar-refractivity contribution in [2.75, 3.05) is 31.1 Å². The number of benzene rings is 1. The largest absolute Gasteiger partial charge is 0.467 e. The molecule has 0 bridgehead atoms. The molecule has 0 radical (unpaired) electrons. The first-order valence-electron chi connectivity index (χ1n) is 7.63. The molecule has 0 saturated carbocycles. The molecule has 6 heteroatoms. The number of carbonyl (C=O) groups excluding carboxylic acids is 2. The van der Waals surface area contributed by atoms with Gasteiger partial charge in [0.15, 0.2) is 0 Å². The van der Waals surface area contributed by atoms with Gasteiger partial charge < -0.3 is 19.5 Å². The predicted molar refractivity (Wildman–Crippen MR) is 85.8 cm³/mol. The zero-order valence-corrected chi connectivity index (χ0v) is 12.8. The molecule has 0 unspecified atom stereocenters. The standard InChI is InChI=1S/C17H19N3O3/c21-16(18-13-15-7-4-12-23-15)17(22)20-10-8-19(9-11-20)14-5-2-1-3-6-14/h1-7,12H,8-11,13H2,(H,18,21). The molecule has 1 aliphatic heterocycles. The number of hydrogen-bond donors (Lipinski definition) is 1. The lowest BCUT2D eigenvalue weighted by atomic mass is 10.2. The zero-order valence-electron chi connectivity index (χ0n) is 12.8. The summed E-state index contributed by atoms with van der Waals surface area (Å²) in [7, 11) is 0. The molecule has 1 aromatic heterocycles. The van der Waals surface area contributed by atoms with Crippen LogP contribution in [-0.4, -0.2) is 42.9 Å². The number of hydrogen-bond acceptors (Lipinski definition) is 4. The molecular formula is C17H19N3O3. The summed E-state index contributed by atoms with van der Waals surface area (Å²) in [5.41, 5.74) is 1.14. The summed E-state index contributed by atoms with van der Waals surface area (Å²) in [4.78, 5) is 27.9.